The van der Waals surface area contributed by atoms with Gasteiger partial charge in [0.1, 0.15) is 17.5 Å². The lowest BCUT2D eigenvalue weighted by atomic mass is 10.2. The molecule has 1 rings (SSSR count). The van der Waals surface area contributed by atoms with Crippen molar-refractivity contribution in [1.82, 2.24) is 5.32 Å². The Morgan fingerprint density at radius 3 is 2.45 bits per heavy atom. The molecular weight excluding hydrogens is 376 g/mol. The first-order valence-corrected chi connectivity index (χ1v) is 7.17. The summed E-state index contributed by atoms with van der Waals surface area (Å²) in [5, 5.41) is 2.54. The third-order valence-electron chi connectivity index (χ3n) is 2.28. The fourth-order valence-electron chi connectivity index (χ4n) is 1.40. The van der Waals surface area contributed by atoms with Gasteiger partial charge in [0.15, 0.2) is 0 Å². The molecule has 1 amide bonds. The zero-order valence-electron chi connectivity index (χ0n) is 11.8. The van der Waals surface area contributed by atoms with E-state index in [1.807, 2.05) is 22.6 Å². The van der Waals surface area contributed by atoms with Gasteiger partial charge in [-0.25, -0.2) is 9.18 Å². The second-order valence-electron chi connectivity index (χ2n) is 5.35. The summed E-state index contributed by atoms with van der Waals surface area (Å²) in [5.74, 6) is -1.36. The number of rotatable bonds is 3. The number of halogens is 2. The van der Waals surface area contributed by atoms with Crippen molar-refractivity contribution in [1.29, 1.82) is 0 Å². The van der Waals surface area contributed by atoms with E-state index in [4.69, 9.17) is 4.74 Å². The number of ether oxygens (including phenoxy) is 1. The van der Waals surface area contributed by atoms with Crippen LogP contribution in [0.1, 0.15) is 38.1 Å². The lowest BCUT2D eigenvalue weighted by Gasteiger charge is -2.22. The summed E-state index contributed by atoms with van der Waals surface area (Å²) in [6.07, 6.45) is 0. The van der Waals surface area contributed by atoms with Crippen LogP contribution in [0, 0.1) is 9.39 Å². The van der Waals surface area contributed by atoms with E-state index >= 15 is 0 Å². The van der Waals surface area contributed by atoms with E-state index in [1.54, 1.807) is 27.7 Å². The number of benzene rings is 1. The molecule has 0 aliphatic rings. The summed E-state index contributed by atoms with van der Waals surface area (Å²) in [6.45, 7) is 6.80. The van der Waals surface area contributed by atoms with Gasteiger partial charge in [-0.1, -0.05) is 0 Å². The minimum absolute atomic E-state index is 0.322. The van der Waals surface area contributed by atoms with Gasteiger partial charge < -0.3 is 10.1 Å². The zero-order chi connectivity index (χ0) is 15.5. The first-order chi connectivity index (χ1) is 9.10. The van der Waals surface area contributed by atoms with Crippen LogP contribution >= 0.6 is 22.6 Å². The van der Waals surface area contributed by atoms with Crippen LogP contribution in [0.5, 0.6) is 0 Å². The number of amides is 1. The van der Waals surface area contributed by atoms with E-state index in [0.717, 1.165) is 0 Å². The smallest absolute Gasteiger partial charge is 0.328 e. The molecule has 0 spiro atoms. The number of nitrogens with one attached hydrogen (secondary N) is 1. The van der Waals surface area contributed by atoms with Gasteiger partial charge >= 0.3 is 5.97 Å². The number of hydrogen-bond donors (Lipinski definition) is 1. The van der Waals surface area contributed by atoms with Crippen LogP contribution in [-0.2, 0) is 9.53 Å². The predicted molar refractivity (Wildman–Crippen MR) is 81.9 cm³/mol. The maximum absolute atomic E-state index is 13.0. The van der Waals surface area contributed by atoms with Crippen LogP contribution < -0.4 is 5.32 Å². The standard InChI is InChI=1S/C14H17FINO3/c1-8(13(19)20-14(2,3)4)17-12(18)10-6-5-9(15)7-11(10)16/h5-8H,1-4H3,(H,17,18)/t8-/m0/s1. The summed E-state index contributed by atoms with van der Waals surface area (Å²) in [4.78, 5) is 23.8. The third kappa shape index (κ3) is 5.07. The molecule has 20 heavy (non-hydrogen) atoms. The molecule has 4 nitrogen and oxygen atoms in total. The monoisotopic (exact) mass is 393 g/mol. The zero-order valence-corrected chi connectivity index (χ0v) is 13.9. The SMILES string of the molecule is C[C@H](NC(=O)c1ccc(F)cc1I)C(=O)OC(C)(C)C. The number of carbonyl (C=O) groups excluding carboxylic acids is 2. The van der Waals surface area contributed by atoms with Gasteiger partial charge in [0.25, 0.3) is 5.91 Å². The molecule has 0 saturated carbocycles. The summed E-state index contributed by atoms with van der Waals surface area (Å²) in [5.41, 5.74) is -0.289. The Balaban J connectivity index is 2.73. The van der Waals surface area contributed by atoms with Crippen molar-refractivity contribution in [2.24, 2.45) is 0 Å². The van der Waals surface area contributed by atoms with Gasteiger partial charge in [-0.2, -0.15) is 0 Å². The lowest BCUT2D eigenvalue weighted by Crippen LogP contribution is -2.42. The minimum Gasteiger partial charge on any atom is -0.458 e. The Morgan fingerprint density at radius 2 is 1.95 bits per heavy atom. The van der Waals surface area contributed by atoms with Gasteiger partial charge in [-0.05, 0) is 68.5 Å². The molecule has 1 aromatic carbocycles. The quantitative estimate of drug-likeness (QED) is 0.635. The normalized spacial score (nSPS) is 12.7. The van der Waals surface area contributed by atoms with Crippen molar-refractivity contribution in [3.63, 3.8) is 0 Å². The van der Waals surface area contributed by atoms with Crippen molar-refractivity contribution in [2.75, 3.05) is 0 Å². The summed E-state index contributed by atoms with van der Waals surface area (Å²) in [7, 11) is 0. The summed E-state index contributed by atoms with van der Waals surface area (Å²) in [6, 6.07) is 3.07. The third-order valence-corrected chi connectivity index (χ3v) is 3.18. The Bertz CT molecular complexity index is 526. The maximum Gasteiger partial charge on any atom is 0.328 e. The molecule has 0 radical (unpaired) electrons. The van der Waals surface area contributed by atoms with Gasteiger partial charge in [0.05, 0.1) is 5.56 Å². The summed E-state index contributed by atoms with van der Waals surface area (Å²) >= 11 is 1.87. The molecule has 0 unspecified atom stereocenters. The highest BCUT2D eigenvalue weighted by Gasteiger charge is 2.23. The van der Waals surface area contributed by atoms with Gasteiger partial charge in [0, 0.05) is 3.57 Å². The fourth-order valence-corrected chi connectivity index (χ4v) is 2.12. The molecule has 0 aliphatic heterocycles. The van der Waals surface area contributed by atoms with E-state index in [9.17, 15) is 14.0 Å². The van der Waals surface area contributed by atoms with E-state index in [-0.39, 0.29) is 0 Å². The molecule has 1 N–H and O–H groups in total. The Hall–Kier alpha value is -1.18. The Kier molecular flexibility index (Phi) is 5.50. The largest absolute Gasteiger partial charge is 0.458 e. The van der Waals surface area contributed by atoms with Crippen LogP contribution in [0.25, 0.3) is 0 Å². The molecule has 1 aromatic rings. The highest BCUT2D eigenvalue weighted by molar-refractivity contribution is 14.1. The molecule has 0 heterocycles. The Morgan fingerprint density at radius 1 is 1.35 bits per heavy atom. The van der Waals surface area contributed by atoms with E-state index in [0.29, 0.717) is 9.13 Å². The molecule has 1 atom stereocenters. The Labute approximate surface area is 131 Å². The summed E-state index contributed by atoms with van der Waals surface area (Å²) < 4.78 is 18.6. The van der Waals surface area contributed by atoms with E-state index < -0.39 is 29.3 Å². The van der Waals surface area contributed by atoms with Crippen LogP contribution in [0.4, 0.5) is 4.39 Å². The second-order valence-corrected chi connectivity index (χ2v) is 6.51. The highest BCUT2D eigenvalue weighted by atomic mass is 127. The highest BCUT2D eigenvalue weighted by Crippen LogP contribution is 2.14. The topological polar surface area (TPSA) is 55.4 Å². The fraction of sp³-hybridized carbons (Fsp3) is 0.429. The molecule has 0 bridgehead atoms. The molecule has 0 aromatic heterocycles. The first-order valence-electron chi connectivity index (χ1n) is 6.09. The van der Waals surface area contributed by atoms with E-state index in [1.165, 1.54) is 18.2 Å². The van der Waals surface area contributed by atoms with Crippen molar-refractivity contribution >= 4 is 34.5 Å². The molecule has 110 valence electrons. The minimum atomic E-state index is -0.775. The average molecular weight is 393 g/mol. The molecule has 0 aliphatic carbocycles. The first kappa shape index (κ1) is 16.9. The van der Waals surface area contributed by atoms with E-state index in [2.05, 4.69) is 5.32 Å². The average Bonchev–Trinajstić information content (AvgIpc) is 2.26. The van der Waals surface area contributed by atoms with Crippen molar-refractivity contribution in [3.8, 4) is 0 Å². The second kappa shape index (κ2) is 6.51. The van der Waals surface area contributed by atoms with Crippen molar-refractivity contribution in [2.45, 2.75) is 39.3 Å². The lowest BCUT2D eigenvalue weighted by molar-refractivity contribution is -0.156. The van der Waals surface area contributed by atoms with Gasteiger partial charge in [0.2, 0.25) is 0 Å². The number of esters is 1. The van der Waals surface area contributed by atoms with Gasteiger partial charge in [-0.15, -0.1) is 0 Å². The maximum atomic E-state index is 13.0. The number of hydrogen-bond acceptors (Lipinski definition) is 3. The molecular formula is C14H17FINO3. The molecule has 6 heteroatoms. The van der Waals surface area contributed by atoms with Crippen molar-refractivity contribution in [3.05, 3.63) is 33.1 Å². The van der Waals surface area contributed by atoms with Crippen LogP contribution in [0.15, 0.2) is 18.2 Å². The van der Waals surface area contributed by atoms with Crippen molar-refractivity contribution < 1.29 is 18.7 Å². The van der Waals surface area contributed by atoms with Crippen LogP contribution in [-0.4, -0.2) is 23.5 Å². The van der Waals surface area contributed by atoms with Crippen LogP contribution in [0.2, 0.25) is 0 Å². The predicted octanol–water partition coefficient (Wildman–Crippen LogP) is 2.89. The molecule has 0 fully saturated rings. The molecule has 0 saturated heterocycles. The van der Waals surface area contributed by atoms with Gasteiger partial charge in [-0.3, -0.25) is 4.79 Å². The number of carbonyl (C=O) groups is 2. The van der Waals surface area contributed by atoms with Crippen LogP contribution in [0.3, 0.4) is 0 Å².